The van der Waals surface area contributed by atoms with Crippen molar-refractivity contribution in [1.29, 1.82) is 0 Å². The number of benzene rings is 3. The summed E-state index contributed by atoms with van der Waals surface area (Å²) in [6.45, 7) is 0.521. The van der Waals surface area contributed by atoms with Crippen molar-refractivity contribution in [2.45, 2.75) is 11.7 Å². The fourth-order valence-corrected chi connectivity index (χ4v) is 4.17. The van der Waals surface area contributed by atoms with Crippen LogP contribution in [-0.4, -0.2) is 40.5 Å². The smallest absolute Gasteiger partial charge is 0.192 e. The Bertz CT molecular complexity index is 1240. The van der Waals surface area contributed by atoms with Crippen molar-refractivity contribution in [1.82, 2.24) is 14.8 Å². The molecular weight excluding hydrogens is 441 g/mol. The standard InChI is InChI=1S/C25H22FN3O3S/c1-31-22-13-10-19(14-23(22)32-2)21(30)16-33-25-28-27-24(18-8-11-20(26)12-9-18)29(25)15-17-6-4-3-5-7-17/h3-14H,15-16H2,1-2H3. The van der Waals surface area contributed by atoms with Crippen LogP contribution in [0.25, 0.3) is 11.4 Å². The van der Waals surface area contributed by atoms with Crippen molar-refractivity contribution in [2.24, 2.45) is 0 Å². The van der Waals surface area contributed by atoms with Gasteiger partial charge in [-0.1, -0.05) is 42.1 Å². The molecule has 0 aliphatic rings. The molecule has 8 heteroatoms. The third kappa shape index (κ3) is 5.23. The lowest BCUT2D eigenvalue weighted by atomic mass is 10.1. The third-order valence-corrected chi connectivity index (χ3v) is 6.01. The Labute approximate surface area is 195 Å². The van der Waals surface area contributed by atoms with Crippen molar-refractivity contribution < 1.29 is 18.7 Å². The number of carbonyl (C=O) groups excluding carboxylic acids is 1. The van der Waals surface area contributed by atoms with Gasteiger partial charge in [0.1, 0.15) is 5.82 Å². The van der Waals surface area contributed by atoms with Gasteiger partial charge >= 0.3 is 0 Å². The summed E-state index contributed by atoms with van der Waals surface area (Å²) in [4.78, 5) is 12.9. The lowest BCUT2D eigenvalue weighted by Gasteiger charge is -2.11. The second kappa shape index (κ2) is 10.3. The molecule has 4 aromatic rings. The molecule has 1 heterocycles. The summed E-state index contributed by atoms with van der Waals surface area (Å²) in [5.41, 5.74) is 2.33. The Morgan fingerprint density at radius 1 is 0.939 bits per heavy atom. The average Bonchev–Trinajstić information content (AvgIpc) is 3.25. The number of methoxy groups -OCH3 is 2. The lowest BCUT2D eigenvalue weighted by Crippen LogP contribution is -2.07. The zero-order valence-electron chi connectivity index (χ0n) is 18.2. The molecule has 0 unspecified atom stereocenters. The maximum atomic E-state index is 13.4. The Morgan fingerprint density at radius 2 is 1.67 bits per heavy atom. The van der Waals surface area contributed by atoms with Gasteiger partial charge < -0.3 is 9.47 Å². The number of nitrogens with zero attached hydrogens (tertiary/aromatic N) is 3. The van der Waals surface area contributed by atoms with Crippen LogP contribution in [-0.2, 0) is 6.54 Å². The molecule has 0 radical (unpaired) electrons. The Kier molecular flexibility index (Phi) is 7.04. The number of halogens is 1. The van der Waals surface area contributed by atoms with Gasteiger partial charge in [-0.3, -0.25) is 9.36 Å². The van der Waals surface area contributed by atoms with Crippen LogP contribution in [0.2, 0.25) is 0 Å². The summed E-state index contributed by atoms with van der Waals surface area (Å²) in [5.74, 6) is 1.46. The van der Waals surface area contributed by atoms with E-state index in [1.165, 1.54) is 31.0 Å². The molecule has 0 amide bonds. The number of rotatable bonds is 9. The normalized spacial score (nSPS) is 10.8. The number of Topliss-reactive ketones (excluding diaryl/α,β-unsaturated/α-hetero) is 1. The number of hydrogen-bond donors (Lipinski definition) is 0. The molecule has 33 heavy (non-hydrogen) atoms. The highest BCUT2D eigenvalue weighted by atomic mass is 32.2. The lowest BCUT2D eigenvalue weighted by molar-refractivity contribution is 0.102. The predicted molar refractivity (Wildman–Crippen MR) is 126 cm³/mol. The van der Waals surface area contributed by atoms with E-state index in [1.807, 2.05) is 34.9 Å². The van der Waals surface area contributed by atoms with Crippen LogP contribution in [0.3, 0.4) is 0 Å². The number of hydrogen-bond acceptors (Lipinski definition) is 6. The van der Waals surface area contributed by atoms with Crippen LogP contribution >= 0.6 is 11.8 Å². The minimum Gasteiger partial charge on any atom is -0.493 e. The zero-order chi connectivity index (χ0) is 23.2. The monoisotopic (exact) mass is 463 g/mol. The van der Waals surface area contributed by atoms with Gasteiger partial charge in [0.15, 0.2) is 28.3 Å². The summed E-state index contributed by atoms with van der Waals surface area (Å²) >= 11 is 1.30. The van der Waals surface area contributed by atoms with Gasteiger partial charge in [0, 0.05) is 11.1 Å². The number of carbonyl (C=O) groups is 1. The minimum absolute atomic E-state index is 0.0708. The first-order valence-corrected chi connectivity index (χ1v) is 11.2. The van der Waals surface area contributed by atoms with E-state index >= 15 is 0 Å². The van der Waals surface area contributed by atoms with Gasteiger partial charge in [-0.2, -0.15) is 0 Å². The molecule has 6 nitrogen and oxygen atoms in total. The highest BCUT2D eigenvalue weighted by Gasteiger charge is 2.18. The van der Waals surface area contributed by atoms with Crippen molar-refractivity contribution in [3.8, 4) is 22.9 Å². The number of ether oxygens (including phenoxy) is 2. The zero-order valence-corrected chi connectivity index (χ0v) is 19.0. The molecular formula is C25H22FN3O3S. The van der Waals surface area contributed by atoms with E-state index in [1.54, 1.807) is 37.4 Å². The number of ketones is 1. The topological polar surface area (TPSA) is 66.2 Å². The molecule has 0 atom stereocenters. The van der Waals surface area contributed by atoms with E-state index in [2.05, 4.69) is 10.2 Å². The van der Waals surface area contributed by atoms with Crippen LogP contribution < -0.4 is 9.47 Å². The summed E-state index contributed by atoms with van der Waals surface area (Å²) in [5, 5.41) is 9.26. The van der Waals surface area contributed by atoms with Crippen molar-refractivity contribution in [2.75, 3.05) is 20.0 Å². The largest absolute Gasteiger partial charge is 0.493 e. The molecule has 0 bridgehead atoms. The summed E-state index contributed by atoms with van der Waals surface area (Å²) in [6, 6.07) is 21.1. The summed E-state index contributed by atoms with van der Waals surface area (Å²) in [7, 11) is 3.08. The molecule has 0 spiro atoms. The van der Waals surface area contributed by atoms with E-state index in [4.69, 9.17) is 9.47 Å². The third-order valence-electron chi connectivity index (χ3n) is 5.04. The molecule has 0 aliphatic carbocycles. The van der Waals surface area contributed by atoms with Crippen LogP contribution in [0.15, 0.2) is 78.0 Å². The quantitative estimate of drug-likeness (QED) is 0.253. The van der Waals surface area contributed by atoms with Crippen molar-refractivity contribution in [3.63, 3.8) is 0 Å². The molecule has 4 rings (SSSR count). The second-order valence-electron chi connectivity index (χ2n) is 7.17. The molecule has 0 fully saturated rings. The number of thioether (sulfide) groups is 1. The Balaban J connectivity index is 1.59. The van der Waals surface area contributed by atoms with E-state index < -0.39 is 0 Å². The SMILES string of the molecule is COc1ccc(C(=O)CSc2nnc(-c3ccc(F)cc3)n2Cc2ccccc2)cc1OC. The maximum Gasteiger partial charge on any atom is 0.192 e. The van der Waals surface area contributed by atoms with Gasteiger partial charge in [0.2, 0.25) is 0 Å². The van der Waals surface area contributed by atoms with Gasteiger partial charge in [-0.05, 0) is 48.0 Å². The fraction of sp³-hybridized carbons (Fsp3) is 0.160. The van der Waals surface area contributed by atoms with Crippen LogP contribution in [0.1, 0.15) is 15.9 Å². The van der Waals surface area contributed by atoms with Gasteiger partial charge in [0.05, 0.1) is 26.5 Å². The van der Waals surface area contributed by atoms with E-state index in [9.17, 15) is 9.18 Å². The van der Waals surface area contributed by atoms with E-state index in [-0.39, 0.29) is 17.4 Å². The predicted octanol–water partition coefficient (Wildman–Crippen LogP) is 5.12. The first-order chi connectivity index (χ1) is 16.1. The minimum atomic E-state index is -0.317. The maximum absolute atomic E-state index is 13.4. The molecule has 1 aromatic heterocycles. The second-order valence-corrected chi connectivity index (χ2v) is 8.11. The van der Waals surface area contributed by atoms with Crippen LogP contribution in [0.4, 0.5) is 4.39 Å². The first kappa shape index (κ1) is 22.5. The van der Waals surface area contributed by atoms with Crippen molar-refractivity contribution >= 4 is 17.5 Å². The fourth-order valence-electron chi connectivity index (χ4n) is 3.34. The van der Waals surface area contributed by atoms with E-state index in [0.29, 0.717) is 34.6 Å². The van der Waals surface area contributed by atoms with Crippen molar-refractivity contribution in [3.05, 3.63) is 89.7 Å². The Morgan fingerprint density at radius 3 is 2.36 bits per heavy atom. The first-order valence-electron chi connectivity index (χ1n) is 10.2. The van der Waals surface area contributed by atoms with Gasteiger partial charge in [-0.15, -0.1) is 10.2 Å². The average molecular weight is 464 g/mol. The molecule has 0 N–H and O–H groups in total. The van der Waals surface area contributed by atoms with Crippen LogP contribution in [0, 0.1) is 5.82 Å². The molecule has 0 saturated carbocycles. The molecule has 0 saturated heterocycles. The highest BCUT2D eigenvalue weighted by Crippen LogP contribution is 2.29. The highest BCUT2D eigenvalue weighted by molar-refractivity contribution is 7.99. The van der Waals surface area contributed by atoms with Gasteiger partial charge in [-0.25, -0.2) is 4.39 Å². The summed E-state index contributed by atoms with van der Waals surface area (Å²) < 4.78 is 25.9. The van der Waals surface area contributed by atoms with E-state index in [0.717, 1.165) is 11.1 Å². The molecule has 0 aliphatic heterocycles. The Hall–Kier alpha value is -3.65. The molecule has 3 aromatic carbocycles. The van der Waals surface area contributed by atoms with Crippen LogP contribution in [0.5, 0.6) is 11.5 Å². The number of aromatic nitrogens is 3. The van der Waals surface area contributed by atoms with Gasteiger partial charge in [0.25, 0.3) is 0 Å². The molecule has 168 valence electrons. The summed E-state index contributed by atoms with van der Waals surface area (Å²) in [6.07, 6.45) is 0.